The van der Waals surface area contributed by atoms with Crippen LogP contribution in [0, 0.1) is 6.92 Å². The summed E-state index contributed by atoms with van der Waals surface area (Å²) in [7, 11) is 2.10. The third-order valence-electron chi connectivity index (χ3n) is 4.88. The van der Waals surface area contributed by atoms with E-state index in [-0.39, 0.29) is 0 Å². The highest BCUT2D eigenvalue weighted by molar-refractivity contribution is 6.06. The third-order valence-corrected chi connectivity index (χ3v) is 4.88. The molecule has 1 aromatic rings. The van der Waals surface area contributed by atoms with Gasteiger partial charge in [-0.15, -0.1) is 5.06 Å². The number of carbonyl (C=O) groups excluding carboxylic acids is 2. The molecule has 2 N–H and O–H groups in total. The minimum Gasteiger partial charge on any atom is -0.458 e. The predicted molar refractivity (Wildman–Crippen MR) is 100 cm³/mol. The van der Waals surface area contributed by atoms with E-state index in [1.54, 1.807) is 25.1 Å². The summed E-state index contributed by atoms with van der Waals surface area (Å²) in [6, 6.07) is 1.22. The average Bonchev–Trinajstić information content (AvgIpc) is 3.02. The standard InChI is InChI=1S/C19H26N4O4/c1-5-14(27-23-8-6-7-22(4)9-10-23)12-15-13(2)11-16(26-15)19(3)17(24)20-18(25)21-19/h5,11-12H,1,6-10H2,2-4H3,(H2,20,21,24,25)/b14-12+. The fraction of sp³-hybridized carbons (Fsp3) is 0.474. The molecule has 0 saturated carbocycles. The summed E-state index contributed by atoms with van der Waals surface area (Å²) in [5, 5.41) is 6.76. The minimum absolute atomic E-state index is 0.370. The molecule has 8 nitrogen and oxygen atoms in total. The quantitative estimate of drug-likeness (QED) is 0.464. The third kappa shape index (κ3) is 4.06. The zero-order valence-corrected chi connectivity index (χ0v) is 16.0. The first-order chi connectivity index (χ1) is 12.8. The van der Waals surface area contributed by atoms with E-state index in [0.29, 0.717) is 17.3 Å². The van der Waals surface area contributed by atoms with Gasteiger partial charge in [-0.2, -0.15) is 0 Å². The first-order valence-electron chi connectivity index (χ1n) is 9.02. The summed E-state index contributed by atoms with van der Waals surface area (Å²) in [5.74, 6) is 1.05. The molecule has 1 atom stereocenters. The molecule has 2 aliphatic heterocycles. The minimum atomic E-state index is -1.22. The SMILES string of the molecule is C=C/C(=C\c1oc(C2(C)NC(=O)NC2=O)cc1C)ON1CCCN(C)CC1. The van der Waals surface area contributed by atoms with E-state index in [1.165, 1.54) is 0 Å². The number of furan rings is 1. The second kappa shape index (κ2) is 7.58. The van der Waals surface area contributed by atoms with Gasteiger partial charge >= 0.3 is 6.03 Å². The molecule has 2 fully saturated rings. The van der Waals surface area contributed by atoms with Gasteiger partial charge in [-0.1, -0.05) is 6.58 Å². The monoisotopic (exact) mass is 374 g/mol. The fourth-order valence-electron chi connectivity index (χ4n) is 3.12. The van der Waals surface area contributed by atoms with Crippen molar-refractivity contribution in [3.63, 3.8) is 0 Å². The second-order valence-electron chi connectivity index (χ2n) is 7.12. The Balaban J connectivity index is 1.79. The Bertz CT molecular complexity index is 785. The Labute approximate surface area is 158 Å². The van der Waals surface area contributed by atoms with Gasteiger partial charge in [0, 0.05) is 25.7 Å². The molecule has 3 rings (SSSR count). The number of imide groups is 1. The molecule has 3 amide bonds. The summed E-state index contributed by atoms with van der Waals surface area (Å²) in [6.45, 7) is 10.9. The summed E-state index contributed by atoms with van der Waals surface area (Å²) in [4.78, 5) is 31.8. The van der Waals surface area contributed by atoms with Crippen molar-refractivity contribution >= 4 is 18.0 Å². The van der Waals surface area contributed by atoms with E-state index in [9.17, 15) is 9.59 Å². The van der Waals surface area contributed by atoms with Crippen LogP contribution in [0.2, 0.25) is 0 Å². The first-order valence-corrected chi connectivity index (χ1v) is 9.02. The van der Waals surface area contributed by atoms with E-state index in [1.807, 2.05) is 12.0 Å². The highest BCUT2D eigenvalue weighted by Crippen LogP contribution is 2.29. The fourth-order valence-corrected chi connectivity index (χ4v) is 3.12. The lowest BCUT2D eigenvalue weighted by Gasteiger charge is -2.21. The average molecular weight is 374 g/mol. The van der Waals surface area contributed by atoms with Crippen LogP contribution in [-0.4, -0.2) is 55.1 Å². The number of nitrogens with zero attached hydrogens (tertiary/aromatic N) is 2. The van der Waals surface area contributed by atoms with Crippen molar-refractivity contribution in [1.82, 2.24) is 20.6 Å². The smallest absolute Gasteiger partial charge is 0.322 e. The van der Waals surface area contributed by atoms with E-state index in [2.05, 4.69) is 29.2 Å². The van der Waals surface area contributed by atoms with Gasteiger partial charge in [0.15, 0.2) is 11.3 Å². The number of hydrogen-bond acceptors (Lipinski definition) is 6. The molecule has 2 aliphatic rings. The lowest BCUT2D eigenvalue weighted by molar-refractivity contribution is -0.124. The van der Waals surface area contributed by atoms with Crippen LogP contribution < -0.4 is 10.6 Å². The number of hydrogen-bond donors (Lipinski definition) is 2. The van der Waals surface area contributed by atoms with Crippen LogP contribution in [0.15, 0.2) is 28.9 Å². The lowest BCUT2D eigenvalue weighted by Crippen LogP contribution is -2.40. The van der Waals surface area contributed by atoms with E-state index in [0.717, 1.165) is 38.2 Å². The van der Waals surface area contributed by atoms with Crippen molar-refractivity contribution in [2.24, 2.45) is 0 Å². The molecule has 0 aromatic carbocycles. The number of amides is 3. The number of allylic oxidation sites excluding steroid dienone is 1. The molecule has 146 valence electrons. The number of carbonyl (C=O) groups is 2. The molecule has 0 aliphatic carbocycles. The Morgan fingerprint density at radius 3 is 2.78 bits per heavy atom. The highest BCUT2D eigenvalue weighted by Gasteiger charge is 2.46. The van der Waals surface area contributed by atoms with Crippen LogP contribution in [0.5, 0.6) is 0 Å². The summed E-state index contributed by atoms with van der Waals surface area (Å²) in [5.41, 5.74) is -0.392. The molecule has 0 bridgehead atoms. The van der Waals surface area contributed by atoms with Gasteiger partial charge in [0.05, 0.1) is 0 Å². The first kappa shape index (κ1) is 19.2. The number of urea groups is 1. The van der Waals surface area contributed by atoms with Gasteiger partial charge in [-0.3, -0.25) is 10.1 Å². The lowest BCUT2D eigenvalue weighted by atomic mass is 9.99. The van der Waals surface area contributed by atoms with Crippen LogP contribution in [0.4, 0.5) is 4.79 Å². The van der Waals surface area contributed by atoms with Gasteiger partial charge in [0.1, 0.15) is 11.5 Å². The summed E-state index contributed by atoms with van der Waals surface area (Å²) in [6.07, 6.45) is 4.40. The molecule has 1 aromatic heterocycles. The van der Waals surface area contributed by atoms with Crippen molar-refractivity contribution < 1.29 is 18.8 Å². The van der Waals surface area contributed by atoms with Gasteiger partial charge in [-0.25, -0.2) is 4.79 Å². The maximum atomic E-state index is 12.1. The van der Waals surface area contributed by atoms with Gasteiger partial charge in [0.25, 0.3) is 5.91 Å². The largest absolute Gasteiger partial charge is 0.458 e. The van der Waals surface area contributed by atoms with Gasteiger partial charge in [-0.05, 0) is 51.6 Å². The van der Waals surface area contributed by atoms with Crippen LogP contribution in [0.1, 0.15) is 30.4 Å². The molecule has 3 heterocycles. The van der Waals surface area contributed by atoms with E-state index >= 15 is 0 Å². The van der Waals surface area contributed by atoms with Crippen molar-refractivity contribution in [1.29, 1.82) is 0 Å². The van der Waals surface area contributed by atoms with Crippen molar-refractivity contribution in [2.75, 3.05) is 33.2 Å². The van der Waals surface area contributed by atoms with Gasteiger partial charge in [0.2, 0.25) is 0 Å². The molecule has 2 saturated heterocycles. The molecule has 1 unspecified atom stereocenters. The number of aryl methyl sites for hydroxylation is 1. The molecule has 8 heteroatoms. The van der Waals surface area contributed by atoms with Crippen LogP contribution in [0.25, 0.3) is 6.08 Å². The molecule has 0 spiro atoms. The zero-order chi connectivity index (χ0) is 19.6. The Morgan fingerprint density at radius 2 is 2.11 bits per heavy atom. The maximum Gasteiger partial charge on any atom is 0.322 e. The van der Waals surface area contributed by atoms with Gasteiger partial charge < -0.3 is 19.5 Å². The Morgan fingerprint density at radius 1 is 1.33 bits per heavy atom. The molecular formula is C19H26N4O4. The normalized spacial score (nSPS) is 25.1. The van der Waals surface area contributed by atoms with E-state index < -0.39 is 17.5 Å². The van der Waals surface area contributed by atoms with E-state index in [4.69, 9.17) is 9.25 Å². The van der Waals surface area contributed by atoms with Crippen molar-refractivity contribution in [3.8, 4) is 0 Å². The molecular weight excluding hydrogens is 348 g/mol. The summed E-state index contributed by atoms with van der Waals surface area (Å²) >= 11 is 0. The molecule has 0 radical (unpaired) electrons. The zero-order valence-electron chi connectivity index (χ0n) is 16.0. The maximum absolute atomic E-state index is 12.1. The van der Waals surface area contributed by atoms with Crippen LogP contribution in [-0.2, 0) is 15.2 Å². The number of nitrogens with one attached hydrogen (secondary N) is 2. The number of hydroxylamine groups is 2. The summed E-state index contributed by atoms with van der Waals surface area (Å²) < 4.78 is 5.88. The van der Waals surface area contributed by atoms with Crippen molar-refractivity contribution in [3.05, 3.63) is 41.6 Å². The Hall–Kier alpha value is -2.58. The predicted octanol–water partition coefficient (Wildman–Crippen LogP) is 1.74. The Kier molecular flexibility index (Phi) is 5.38. The highest BCUT2D eigenvalue weighted by atomic mass is 16.7. The number of likely N-dealkylation sites (N-methyl/N-ethyl adjacent to an activating group) is 1. The van der Waals surface area contributed by atoms with Crippen LogP contribution in [0.3, 0.4) is 0 Å². The topological polar surface area (TPSA) is 87.0 Å². The van der Waals surface area contributed by atoms with Crippen LogP contribution >= 0.6 is 0 Å². The molecule has 27 heavy (non-hydrogen) atoms. The number of rotatable bonds is 5. The second-order valence-corrected chi connectivity index (χ2v) is 7.12. The van der Waals surface area contributed by atoms with Crippen molar-refractivity contribution in [2.45, 2.75) is 25.8 Å².